The fraction of sp³-hybridized carbons (Fsp3) is 0.533. The number of sulfone groups is 1. The molecular weight excluding hydrogens is 290 g/mol. The number of rotatable bonds is 5. The predicted octanol–water partition coefficient (Wildman–Crippen LogP) is 1.31. The number of carbonyl (C=O) groups is 1. The molecule has 1 heterocycles. The lowest BCUT2D eigenvalue weighted by Crippen LogP contribution is -2.39. The molecule has 1 aliphatic rings. The van der Waals surface area contributed by atoms with Gasteiger partial charge in [-0.15, -0.1) is 0 Å². The van der Waals surface area contributed by atoms with Crippen LogP contribution in [0.2, 0.25) is 0 Å². The molecule has 0 radical (unpaired) electrons. The number of hydrogen-bond acceptors (Lipinski definition) is 4. The molecular formula is C15H21NO4S. The minimum atomic E-state index is -2.90. The summed E-state index contributed by atoms with van der Waals surface area (Å²) in [5, 5.41) is 2.77. The minimum Gasteiger partial charge on any atom is -0.481 e. The smallest absolute Gasteiger partial charge is 0.260 e. The summed E-state index contributed by atoms with van der Waals surface area (Å²) in [6.07, 6.45) is 0.0141. The van der Waals surface area contributed by atoms with Crippen molar-refractivity contribution in [2.75, 3.05) is 18.1 Å². The van der Waals surface area contributed by atoms with E-state index in [4.69, 9.17) is 4.74 Å². The summed E-state index contributed by atoms with van der Waals surface area (Å²) in [7, 11) is -2.90. The van der Waals surface area contributed by atoms with Gasteiger partial charge < -0.3 is 10.1 Å². The first-order chi connectivity index (χ1) is 9.85. The van der Waals surface area contributed by atoms with Crippen LogP contribution in [0.3, 0.4) is 0 Å². The second kappa shape index (κ2) is 6.47. The second-order valence-corrected chi connectivity index (χ2v) is 7.82. The topological polar surface area (TPSA) is 72.5 Å². The maximum absolute atomic E-state index is 12.0. The predicted molar refractivity (Wildman–Crippen MR) is 81.0 cm³/mol. The average Bonchev–Trinajstić information content (AvgIpc) is 2.75. The Bertz CT molecular complexity index is 612. The molecule has 0 saturated carbocycles. The van der Waals surface area contributed by atoms with Gasteiger partial charge in [-0.05, 0) is 43.9 Å². The number of hydrogen-bond donors (Lipinski definition) is 1. The molecule has 1 amide bonds. The molecule has 1 aromatic rings. The molecule has 2 atom stereocenters. The molecule has 2 rings (SSSR count). The summed E-state index contributed by atoms with van der Waals surface area (Å²) >= 11 is 0. The lowest BCUT2D eigenvalue weighted by molar-refractivity contribution is -0.127. The second-order valence-electron chi connectivity index (χ2n) is 5.59. The van der Waals surface area contributed by atoms with Crippen LogP contribution in [-0.2, 0) is 14.6 Å². The summed E-state index contributed by atoms with van der Waals surface area (Å²) in [6.45, 7) is 4.03. The lowest BCUT2D eigenvalue weighted by atomic mass is 10.1. The number of nitrogens with one attached hydrogen (secondary N) is 1. The van der Waals surface area contributed by atoms with Gasteiger partial charge in [0.1, 0.15) is 5.75 Å². The molecule has 0 aromatic heterocycles. The van der Waals surface area contributed by atoms with E-state index in [1.165, 1.54) is 0 Å². The van der Waals surface area contributed by atoms with Crippen molar-refractivity contribution in [2.45, 2.75) is 26.4 Å². The Kier molecular flexibility index (Phi) is 4.88. The van der Waals surface area contributed by atoms with Crippen molar-refractivity contribution in [1.29, 1.82) is 0 Å². The van der Waals surface area contributed by atoms with E-state index >= 15 is 0 Å². The lowest BCUT2D eigenvalue weighted by Gasteiger charge is -2.16. The van der Waals surface area contributed by atoms with E-state index in [9.17, 15) is 13.2 Å². The van der Waals surface area contributed by atoms with Crippen LogP contribution >= 0.6 is 0 Å². The number of ether oxygens (including phenoxy) is 1. The van der Waals surface area contributed by atoms with Crippen LogP contribution in [-0.4, -0.2) is 38.5 Å². The van der Waals surface area contributed by atoms with E-state index < -0.39 is 15.9 Å². The Morgan fingerprint density at radius 1 is 1.48 bits per heavy atom. The van der Waals surface area contributed by atoms with Gasteiger partial charge in [0, 0.05) is 6.54 Å². The maximum atomic E-state index is 12.0. The van der Waals surface area contributed by atoms with Crippen LogP contribution in [0.25, 0.3) is 0 Å². The van der Waals surface area contributed by atoms with E-state index in [2.05, 4.69) is 5.32 Å². The van der Waals surface area contributed by atoms with Gasteiger partial charge in [-0.3, -0.25) is 4.79 Å². The van der Waals surface area contributed by atoms with Crippen LogP contribution < -0.4 is 10.1 Å². The van der Waals surface area contributed by atoms with Crippen molar-refractivity contribution >= 4 is 15.7 Å². The highest BCUT2D eigenvalue weighted by Crippen LogP contribution is 2.18. The zero-order valence-electron chi connectivity index (χ0n) is 12.3. The van der Waals surface area contributed by atoms with Crippen molar-refractivity contribution in [3.63, 3.8) is 0 Å². The SMILES string of the molecule is Cc1cccc(OC(C)C(=O)NCC2CCS(=O)(=O)C2)c1. The van der Waals surface area contributed by atoms with Crippen molar-refractivity contribution in [2.24, 2.45) is 5.92 Å². The van der Waals surface area contributed by atoms with Crippen molar-refractivity contribution in [3.8, 4) is 5.75 Å². The van der Waals surface area contributed by atoms with Crippen LogP contribution in [0.5, 0.6) is 5.75 Å². The third-order valence-electron chi connectivity index (χ3n) is 3.56. The van der Waals surface area contributed by atoms with Gasteiger partial charge in [0.05, 0.1) is 11.5 Å². The number of carbonyl (C=O) groups excluding carboxylic acids is 1. The van der Waals surface area contributed by atoms with E-state index in [0.29, 0.717) is 18.7 Å². The minimum absolute atomic E-state index is 0.0186. The summed E-state index contributed by atoms with van der Waals surface area (Å²) in [4.78, 5) is 12.0. The summed E-state index contributed by atoms with van der Waals surface area (Å²) in [6, 6.07) is 7.50. The zero-order chi connectivity index (χ0) is 15.5. The van der Waals surface area contributed by atoms with Gasteiger partial charge in [-0.1, -0.05) is 12.1 Å². The normalized spacial score (nSPS) is 21.7. The van der Waals surface area contributed by atoms with Gasteiger partial charge >= 0.3 is 0 Å². The maximum Gasteiger partial charge on any atom is 0.260 e. The molecule has 21 heavy (non-hydrogen) atoms. The summed E-state index contributed by atoms with van der Waals surface area (Å²) in [5.41, 5.74) is 1.07. The van der Waals surface area contributed by atoms with Crippen LogP contribution in [0.4, 0.5) is 0 Å². The summed E-state index contributed by atoms with van der Waals surface area (Å²) in [5.74, 6) is 0.843. The third-order valence-corrected chi connectivity index (χ3v) is 5.40. The van der Waals surface area contributed by atoms with E-state index in [1.807, 2.05) is 25.1 Å². The highest BCUT2D eigenvalue weighted by molar-refractivity contribution is 7.91. The Morgan fingerprint density at radius 2 is 2.24 bits per heavy atom. The van der Waals surface area contributed by atoms with Crippen molar-refractivity contribution in [3.05, 3.63) is 29.8 Å². The molecule has 2 unspecified atom stereocenters. The third kappa shape index (κ3) is 4.74. The molecule has 116 valence electrons. The van der Waals surface area contributed by atoms with Gasteiger partial charge in [-0.25, -0.2) is 8.42 Å². The first-order valence-corrected chi connectivity index (χ1v) is 8.89. The van der Waals surface area contributed by atoms with E-state index in [-0.39, 0.29) is 23.3 Å². The van der Waals surface area contributed by atoms with Gasteiger partial charge in [0.15, 0.2) is 15.9 Å². The molecule has 0 aliphatic carbocycles. The monoisotopic (exact) mass is 311 g/mol. The molecule has 1 aromatic carbocycles. The summed E-state index contributed by atoms with van der Waals surface area (Å²) < 4.78 is 28.3. The average molecular weight is 311 g/mol. The Morgan fingerprint density at radius 3 is 2.86 bits per heavy atom. The first-order valence-electron chi connectivity index (χ1n) is 7.07. The van der Waals surface area contributed by atoms with E-state index in [0.717, 1.165) is 5.56 Å². The first kappa shape index (κ1) is 15.8. The molecule has 5 nitrogen and oxygen atoms in total. The Labute approximate surface area is 125 Å². The molecule has 1 fully saturated rings. The standard InChI is InChI=1S/C15H21NO4S/c1-11-4-3-5-14(8-11)20-12(2)15(17)16-9-13-6-7-21(18,19)10-13/h3-5,8,12-13H,6-7,9-10H2,1-2H3,(H,16,17). The Balaban J connectivity index is 1.80. The molecule has 1 aliphatic heterocycles. The van der Waals surface area contributed by atoms with Crippen LogP contribution in [0, 0.1) is 12.8 Å². The quantitative estimate of drug-likeness (QED) is 0.890. The highest BCUT2D eigenvalue weighted by Gasteiger charge is 2.28. The molecule has 6 heteroatoms. The fourth-order valence-corrected chi connectivity index (χ4v) is 4.23. The number of aryl methyl sites for hydroxylation is 1. The molecule has 1 saturated heterocycles. The van der Waals surface area contributed by atoms with Gasteiger partial charge in [0.25, 0.3) is 5.91 Å². The Hall–Kier alpha value is -1.56. The molecule has 1 N–H and O–H groups in total. The van der Waals surface area contributed by atoms with Gasteiger partial charge in [-0.2, -0.15) is 0 Å². The zero-order valence-corrected chi connectivity index (χ0v) is 13.2. The van der Waals surface area contributed by atoms with Crippen LogP contribution in [0.1, 0.15) is 18.9 Å². The molecule has 0 bridgehead atoms. The van der Waals surface area contributed by atoms with Crippen LogP contribution in [0.15, 0.2) is 24.3 Å². The fourth-order valence-electron chi connectivity index (χ4n) is 2.37. The number of amides is 1. The van der Waals surface area contributed by atoms with Crippen molar-refractivity contribution in [1.82, 2.24) is 5.32 Å². The highest BCUT2D eigenvalue weighted by atomic mass is 32.2. The van der Waals surface area contributed by atoms with Crippen molar-refractivity contribution < 1.29 is 17.9 Å². The largest absolute Gasteiger partial charge is 0.481 e. The molecule has 0 spiro atoms. The van der Waals surface area contributed by atoms with E-state index in [1.54, 1.807) is 13.0 Å². The van der Waals surface area contributed by atoms with Gasteiger partial charge in [0.2, 0.25) is 0 Å². The number of benzene rings is 1.